The van der Waals surface area contributed by atoms with Crippen molar-refractivity contribution in [2.75, 3.05) is 13.7 Å². The third kappa shape index (κ3) is 5.24. The van der Waals surface area contributed by atoms with E-state index in [4.69, 9.17) is 10.6 Å². The molecule has 13 heavy (non-hydrogen) atoms. The lowest BCUT2D eigenvalue weighted by Gasteiger charge is -2.26. The zero-order valence-electron chi connectivity index (χ0n) is 9.34. The van der Waals surface area contributed by atoms with Gasteiger partial charge in [0.05, 0.1) is 0 Å². The van der Waals surface area contributed by atoms with Gasteiger partial charge in [-0.3, -0.25) is 11.3 Å². The molecular formula is C10H24N2O. The molecule has 0 bridgehead atoms. The smallest absolute Gasteiger partial charge is 0.0462 e. The summed E-state index contributed by atoms with van der Waals surface area (Å²) in [6.07, 6.45) is 2.16. The summed E-state index contributed by atoms with van der Waals surface area (Å²) < 4.78 is 5.01. The molecule has 0 saturated carbocycles. The van der Waals surface area contributed by atoms with Crippen LogP contribution in [0, 0.1) is 11.8 Å². The van der Waals surface area contributed by atoms with Crippen LogP contribution in [-0.4, -0.2) is 19.8 Å². The van der Waals surface area contributed by atoms with Crippen molar-refractivity contribution in [3.05, 3.63) is 0 Å². The largest absolute Gasteiger partial charge is 0.385 e. The van der Waals surface area contributed by atoms with Crippen LogP contribution in [0.4, 0.5) is 0 Å². The first-order chi connectivity index (χ1) is 6.13. The molecule has 0 spiro atoms. The number of rotatable bonds is 7. The summed E-state index contributed by atoms with van der Waals surface area (Å²) >= 11 is 0. The number of nitrogens with one attached hydrogen (secondary N) is 1. The molecule has 0 radical (unpaired) electrons. The molecule has 0 aliphatic carbocycles. The van der Waals surface area contributed by atoms with Crippen molar-refractivity contribution < 1.29 is 4.74 Å². The summed E-state index contributed by atoms with van der Waals surface area (Å²) in [5.74, 6) is 6.79. The maximum Gasteiger partial charge on any atom is 0.0462 e. The lowest BCUT2D eigenvalue weighted by molar-refractivity contribution is 0.180. The molecule has 0 aliphatic rings. The van der Waals surface area contributed by atoms with E-state index in [1.807, 2.05) is 0 Å². The highest BCUT2D eigenvalue weighted by atomic mass is 16.5. The van der Waals surface area contributed by atoms with Crippen LogP contribution in [-0.2, 0) is 4.74 Å². The molecule has 0 heterocycles. The van der Waals surface area contributed by atoms with Gasteiger partial charge in [0.15, 0.2) is 0 Å². The zero-order valence-corrected chi connectivity index (χ0v) is 9.34. The van der Waals surface area contributed by atoms with Gasteiger partial charge in [-0.1, -0.05) is 20.8 Å². The summed E-state index contributed by atoms with van der Waals surface area (Å²) in [6, 6.07) is 0.412. The Morgan fingerprint density at radius 3 is 2.31 bits per heavy atom. The minimum Gasteiger partial charge on any atom is -0.385 e. The molecule has 0 aromatic carbocycles. The highest BCUT2D eigenvalue weighted by Gasteiger charge is 2.18. The molecule has 3 nitrogen and oxygen atoms in total. The van der Waals surface area contributed by atoms with Crippen molar-refractivity contribution in [2.24, 2.45) is 17.7 Å². The quantitative estimate of drug-likeness (QED) is 0.362. The number of hydrogen-bond donors (Lipinski definition) is 2. The monoisotopic (exact) mass is 188 g/mol. The van der Waals surface area contributed by atoms with Crippen LogP contribution in [0.3, 0.4) is 0 Å². The Hall–Kier alpha value is -0.120. The highest BCUT2D eigenvalue weighted by molar-refractivity contribution is 4.73. The van der Waals surface area contributed by atoms with E-state index >= 15 is 0 Å². The molecule has 3 heteroatoms. The first-order valence-corrected chi connectivity index (χ1v) is 5.08. The van der Waals surface area contributed by atoms with Gasteiger partial charge in [0.2, 0.25) is 0 Å². The summed E-state index contributed by atoms with van der Waals surface area (Å²) in [4.78, 5) is 0. The van der Waals surface area contributed by atoms with Gasteiger partial charge in [-0.2, -0.15) is 0 Å². The van der Waals surface area contributed by atoms with Crippen molar-refractivity contribution in [1.82, 2.24) is 5.43 Å². The molecule has 0 amide bonds. The van der Waals surface area contributed by atoms with Gasteiger partial charge in [-0.25, -0.2) is 0 Å². The van der Waals surface area contributed by atoms with Crippen molar-refractivity contribution in [3.8, 4) is 0 Å². The standard InChI is InChI=1S/C10H24N2O/c1-8(2)9(3)10(12-11)6-5-7-13-4/h8-10,12H,5-7,11H2,1-4H3. The zero-order chi connectivity index (χ0) is 10.3. The van der Waals surface area contributed by atoms with Crippen molar-refractivity contribution in [1.29, 1.82) is 0 Å². The van der Waals surface area contributed by atoms with E-state index in [9.17, 15) is 0 Å². The number of hydrazine groups is 1. The Morgan fingerprint density at radius 2 is 1.92 bits per heavy atom. The van der Waals surface area contributed by atoms with E-state index in [-0.39, 0.29) is 0 Å². The Balaban J connectivity index is 3.73. The molecule has 80 valence electrons. The van der Waals surface area contributed by atoms with Gasteiger partial charge in [0.1, 0.15) is 0 Å². The predicted octanol–water partition coefficient (Wildman–Crippen LogP) is 1.54. The maximum atomic E-state index is 5.50. The van der Waals surface area contributed by atoms with Crippen LogP contribution in [0.2, 0.25) is 0 Å². The Kier molecular flexibility index (Phi) is 7.23. The lowest BCUT2D eigenvalue weighted by Crippen LogP contribution is -2.41. The fourth-order valence-electron chi connectivity index (χ4n) is 1.41. The highest BCUT2D eigenvalue weighted by Crippen LogP contribution is 2.17. The van der Waals surface area contributed by atoms with Crippen molar-refractivity contribution >= 4 is 0 Å². The van der Waals surface area contributed by atoms with Gasteiger partial charge < -0.3 is 4.74 Å². The molecule has 0 fully saturated rings. The first kappa shape index (κ1) is 12.9. The van der Waals surface area contributed by atoms with E-state index in [0.717, 1.165) is 19.4 Å². The second kappa shape index (κ2) is 7.30. The summed E-state index contributed by atoms with van der Waals surface area (Å²) in [6.45, 7) is 7.52. The fraction of sp³-hybridized carbons (Fsp3) is 1.00. The van der Waals surface area contributed by atoms with Crippen LogP contribution in [0.25, 0.3) is 0 Å². The van der Waals surface area contributed by atoms with E-state index in [1.54, 1.807) is 7.11 Å². The maximum absolute atomic E-state index is 5.50. The van der Waals surface area contributed by atoms with Crippen LogP contribution >= 0.6 is 0 Å². The Bertz CT molecular complexity index is 117. The minimum atomic E-state index is 0.412. The van der Waals surface area contributed by atoms with Crippen LogP contribution in [0.5, 0.6) is 0 Å². The first-order valence-electron chi connectivity index (χ1n) is 5.08. The fourth-order valence-corrected chi connectivity index (χ4v) is 1.41. The molecule has 2 atom stereocenters. The average molecular weight is 188 g/mol. The molecule has 0 saturated heterocycles. The number of nitrogens with two attached hydrogens (primary N) is 1. The second-order valence-electron chi connectivity index (χ2n) is 4.01. The van der Waals surface area contributed by atoms with Crippen LogP contribution in [0.1, 0.15) is 33.6 Å². The van der Waals surface area contributed by atoms with E-state index in [1.165, 1.54) is 0 Å². The Morgan fingerprint density at radius 1 is 1.31 bits per heavy atom. The Labute approximate surface area is 82.0 Å². The number of hydrogen-bond acceptors (Lipinski definition) is 3. The molecular weight excluding hydrogens is 164 g/mol. The molecule has 0 aromatic rings. The van der Waals surface area contributed by atoms with Crippen LogP contribution < -0.4 is 11.3 Å². The molecule has 2 unspecified atom stereocenters. The average Bonchev–Trinajstić information content (AvgIpc) is 2.11. The second-order valence-corrected chi connectivity index (χ2v) is 4.01. The molecule has 3 N–H and O–H groups in total. The van der Waals surface area contributed by atoms with Gasteiger partial charge in [0, 0.05) is 19.8 Å². The van der Waals surface area contributed by atoms with Gasteiger partial charge in [-0.15, -0.1) is 0 Å². The predicted molar refractivity (Wildman–Crippen MR) is 56.2 cm³/mol. The van der Waals surface area contributed by atoms with Gasteiger partial charge >= 0.3 is 0 Å². The van der Waals surface area contributed by atoms with Crippen molar-refractivity contribution in [2.45, 2.75) is 39.7 Å². The normalized spacial score (nSPS) is 16.2. The van der Waals surface area contributed by atoms with E-state index in [2.05, 4.69) is 26.2 Å². The van der Waals surface area contributed by atoms with E-state index < -0.39 is 0 Å². The number of ether oxygens (including phenoxy) is 1. The van der Waals surface area contributed by atoms with E-state index in [0.29, 0.717) is 17.9 Å². The topological polar surface area (TPSA) is 47.3 Å². The lowest BCUT2D eigenvalue weighted by atomic mass is 9.88. The number of methoxy groups -OCH3 is 1. The van der Waals surface area contributed by atoms with Crippen molar-refractivity contribution in [3.63, 3.8) is 0 Å². The van der Waals surface area contributed by atoms with Gasteiger partial charge in [-0.05, 0) is 24.7 Å². The van der Waals surface area contributed by atoms with Gasteiger partial charge in [0.25, 0.3) is 0 Å². The summed E-state index contributed by atoms with van der Waals surface area (Å²) in [5.41, 5.74) is 2.89. The third-order valence-corrected chi connectivity index (χ3v) is 2.76. The minimum absolute atomic E-state index is 0.412. The third-order valence-electron chi connectivity index (χ3n) is 2.76. The molecule has 0 aromatic heterocycles. The molecule has 0 rings (SSSR count). The van der Waals surface area contributed by atoms with Crippen LogP contribution in [0.15, 0.2) is 0 Å². The summed E-state index contributed by atoms with van der Waals surface area (Å²) in [5, 5.41) is 0. The molecule has 0 aliphatic heterocycles. The summed E-state index contributed by atoms with van der Waals surface area (Å²) in [7, 11) is 1.73. The SMILES string of the molecule is COCCCC(NN)C(C)C(C)C.